The third-order valence-electron chi connectivity index (χ3n) is 5.91. The molecule has 4 heterocycles. The van der Waals surface area contributed by atoms with Gasteiger partial charge in [0.05, 0.1) is 19.3 Å². The summed E-state index contributed by atoms with van der Waals surface area (Å²) in [5.41, 5.74) is 4.50. The molecular weight excluding hydrogens is 491 g/mol. The van der Waals surface area contributed by atoms with E-state index in [1.165, 1.54) is 11.0 Å². The molecule has 14 heteroatoms. The molecule has 1 aromatic rings. The fourth-order valence-corrected chi connectivity index (χ4v) is 5.76. The van der Waals surface area contributed by atoms with Crippen LogP contribution in [0.25, 0.3) is 0 Å². The second-order valence-electron chi connectivity index (χ2n) is 8.51. The first-order valence-electron chi connectivity index (χ1n) is 10.6. The Hall–Kier alpha value is -2.83. The Morgan fingerprint density at radius 2 is 2.06 bits per heavy atom. The maximum atomic E-state index is 13.6. The van der Waals surface area contributed by atoms with Crippen LogP contribution in [-0.2, 0) is 32.3 Å². The van der Waals surface area contributed by atoms with Crippen LogP contribution in [0, 0.1) is 11.6 Å². The fraction of sp³-hybridized carbons (Fsp3) is 0.429. The molecule has 2 N–H and O–H groups in total. The van der Waals surface area contributed by atoms with Crippen LogP contribution in [0.3, 0.4) is 0 Å². The lowest BCUT2D eigenvalue weighted by molar-refractivity contribution is -0.137. The molecule has 0 amide bonds. The van der Waals surface area contributed by atoms with Crippen molar-refractivity contribution in [1.82, 2.24) is 4.90 Å². The van der Waals surface area contributed by atoms with E-state index in [1.54, 1.807) is 13.1 Å². The summed E-state index contributed by atoms with van der Waals surface area (Å²) in [7, 11) is -4.17. The van der Waals surface area contributed by atoms with Crippen molar-refractivity contribution in [2.45, 2.75) is 43.5 Å². The zero-order valence-corrected chi connectivity index (χ0v) is 19.4. The monoisotopic (exact) mass is 513 g/mol. The van der Waals surface area contributed by atoms with Crippen LogP contribution in [0.15, 0.2) is 47.9 Å². The molecule has 0 saturated carbocycles. The van der Waals surface area contributed by atoms with E-state index in [-0.39, 0.29) is 30.2 Å². The Labute approximate surface area is 198 Å². The van der Waals surface area contributed by atoms with Gasteiger partial charge in [-0.25, -0.2) is 23.1 Å². The summed E-state index contributed by atoms with van der Waals surface area (Å²) in [5.74, 6) is -1.10. The van der Waals surface area contributed by atoms with Crippen molar-refractivity contribution in [3.63, 3.8) is 0 Å². The number of halogens is 2. The molecule has 35 heavy (non-hydrogen) atoms. The smallest absolute Gasteiger partial charge is 0.424 e. The van der Waals surface area contributed by atoms with Crippen LogP contribution in [0.2, 0.25) is 0 Å². The predicted octanol–water partition coefficient (Wildman–Crippen LogP) is 3.24. The quantitative estimate of drug-likeness (QED) is 0.462. The number of phosphoric acid groups is 1. The van der Waals surface area contributed by atoms with Gasteiger partial charge in [0.2, 0.25) is 0 Å². The molecule has 5 rings (SSSR count). The zero-order chi connectivity index (χ0) is 25.0. The molecule has 1 aromatic carbocycles. The Morgan fingerprint density at radius 3 is 2.77 bits per heavy atom. The summed E-state index contributed by atoms with van der Waals surface area (Å²) in [6, 6.07) is 2.90. The summed E-state index contributed by atoms with van der Waals surface area (Å²) in [6.07, 6.45) is -1.24. The average Bonchev–Trinajstić information content (AvgIpc) is 3.29. The highest BCUT2D eigenvalue weighted by atomic mass is 31.2. The standard InChI is InChI=1S/C21H22F2N3O8P/c1-11-25-16(24)3-5-26(11)19-17-18(32-20(27)31-17)21(2,33-19)10-30-35(28)29-6-4-15(34-35)12-7-13(22)9-14(23)8-12/h3,5,7-9,15,17-19H,1,4,6,10H2,2H3,(H2,24,25)/t15?,17-,18+,19-,21-,35?/m1/s1. The normalized spacial score (nSPS) is 36.5. The Bertz CT molecular complexity index is 1160. The molecule has 11 nitrogen and oxygen atoms in total. The number of carbonyl (C=O) groups is 1. The van der Waals surface area contributed by atoms with Crippen molar-refractivity contribution >= 4 is 19.8 Å². The number of benzene rings is 1. The van der Waals surface area contributed by atoms with Crippen molar-refractivity contribution < 1.29 is 45.9 Å². The highest BCUT2D eigenvalue weighted by Gasteiger charge is 2.63. The summed E-state index contributed by atoms with van der Waals surface area (Å²) in [5, 5.41) is 0. The Morgan fingerprint density at radius 1 is 1.31 bits per heavy atom. The molecule has 2 unspecified atom stereocenters. The van der Waals surface area contributed by atoms with E-state index in [2.05, 4.69) is 11.6 Å². The Kier molecular flexibility index (Phi) is 5.93. The third kappa shape index (κ3) is 4.57. The topological polar surface area (TPSA) is 131 Å². The van der Waals surface area contributed by atoms with Crippen molar-refractivity contribution in [2.24, 2.45) is 10.7 Å². The molecule has 0 bridgehead atoms. The number of carbonyl (C=O) groups excluding carboxylic acids is 1. The molecule has 4 aliphatic rings. The van der Waals surface area contributed by atoms with E-state index in [1.807, 2.05) is 0 Å². The zero-order valence-electron chi connectivity index (χ0n) is 18.5. The number of hydrogen-bond donors (Lipinski definition) is 1. The molecule has 3 fully saturated rings. The van der Waals surface area contributed by atoms with E-state index in [0.717, 1.165) is 18.2 Å². The predicted molar refractivity (Wildman–Crippen MR) is 114 cm³/mol. The minimum absolute atomic E-state index is 0.0394. The summed E-state index contributed by atoms with van der Waals surface area (Å²) >= 11 is 0. The molecule has 6 atom stereocenters. The number of rotatable bonds is 5. The number of hydrogen-bond acceptors (Lipinski definition) is 11. The molecule has 0 radical (unpaired) electrons. The first-order valence-corrected chi connectivity index (χ1v) is 12.1. The third-order valence-corrected chi connectivity index (χ3v) is 7.37. The van der Waals surface area contributed by atoms with Crippen molar-refractivity contribution in [1.29, 1.82) is 0 Å². The molecule has 0 aromatic heterocycles. The SMILES string of the molecule is C=C1N=C(N)C=CN1[C@@H]1O[C@](C)(COP2(=O)OCCC(c3cc(F)cc(F)c3)O2)[C@H]2OC(=O)O[C@@H]12. The van der Waals surface area contributed by atoms with Crippen LogP contribution in [0.1, 0.15) is 25.0 Å². The largest absolute Gasteiger partial charge is 0.509 e. The fourth-order valence-electron chi connectivity index (χ4n) is 4.28. The van der Waals surface area contributed by atoms with E-state index >= 15 is 0 Å². The van der Waals surface area contributed by atoms with Crippen molar-refractivity contribution in [3.8, 4) is 0 Å². The number of nitrogens with two attached hydrogens (primary N) is 1. The highest BCUT2D eigenvalue weighted by molar-refractivity contribution is 7.48. The van der Waals surface area contributed by atoms with Gasteiger partial charge < -0.3 is 24.8 Å². The molecule has 0 spiro atoms. The Balaban J connectivity index is 1.32. The molecule has 0 aliphatic carbocycles. The number of amidine groups is 1. The first-order chi connectivity index (χ1) is 16.6. The number of aliphatic imine (C=N–C) groups is 1. The van der Waals surface area contributed by atoms with Crippen LogP contribution < -0.4 is 5.73 Å². The summed E-state index contributed by atoms with van der Waals surface area (Å²) in [6.45, 7) is 4.98. The average molecular weight is 513 g/mol. The van der Waals surface area contributed by atoms with Crippen LogP contribution in [-0.4, -0.2) is 54.1 Å². The van der Waals surface area contributed by atoms with Gasteiger partial charge in [-0.3, -0.25) is 13.6 Å². The number of fused-ring (bicyclic) bond motifs is 1. The first kappa shape index (κ1) is 23.9. The van der Waals surface area contributed by atoms with E-state index in [9.17, 15) is 18.1 Å². The van der Waals surface area contributed by atoms with Gasteiger partial charge in [0.1, 0.15) is 28.9 Å². The molecule has 188 valence electrons. The second kappa shape index (κ2) is 8.68. The van der Waals surface area contributed by atoms with Crippen LogP contribution in [0.4, 0.5) is 13.6 Å². The van der Waals surface area contributed by atoms with Gasteiger partial charge in [-0.2, -0.15) is 0 Å². The molecular formula is C21H22F2N3O8P. The van der Waals surface area contributed by atoms with Gasteiger partial charge >= 0.3 is 14.0 Å². The minimum Gasteiger partial charge on any atom is -0.424 e. The van der Waals surface area contributed by atoms with E-state index in [0.29, 0.717) is 0 Å². The maximum absolute atomic E-state index is 13.6. The van der Waals surface area contributed by atoms with Gasteiger partial charge in [0.25, 0.3) is 0 Å². The van der Waals surface area contributed by atoms with Gasteiger partial charge in [-0.05, 0) is 30.7 Å². The van der Waals surface area contributed by atoms with E-state index in [4.69, 9.17) is 33.5 Å². The lowest BCUT2D eigenvalue weighted by Gasteiger charge is -2.34. The number of ether oxygens (including phenoxy) is 3. The van der Waals surface area contributed by atoms with Crippen molar-refractivity contribution in [2.75, 3.05) is 13.2 Å². The lowest BCUT2D eigenvalue weighted by atomic mass is 9.98. The van der Waals surface area contributed by atoms with Gasteiger partial charge in [0, 0.05) is 18.7 Å². The minimum atomic E-state index is -4.17. The summed E-state index contributed by atoms with van der Waals surface area (Å²) < 4.78 is 73.5. The van der Waals surface area contributed by atoms with Crippen molar-refractivity contribution in [3.05, 3.63) is 60.1 Å². The maximum Gasteiger partial charge on any atom is 0.509 e. The second-order valence-corrected chi connectivity index (χ2v) is 10.1. The number of phosphoric ester groups is 1. The van der Waals surface area contributed by atoms with Gasteiger partial charge in [-0.1, -0.05) is 6.58 Å². The van der Waals surface area contributed by atoms with Gasteiger partial charge in [-0.15, -0.1) is 0 Å². The van der Waals surface area contributed by atoms with Gasteiger partial charge in [0.15, 0.2) is 18.4 Å². The highest BCUT2D eigenvalue weighted by Crippen LogP contribution is 2.58. The van der Waals surface area contributed by atoms with Crippen LogP contribution >= 0.6 is 7.82 Å². The lowest BCUT2D eigenvalue weighted by Crippen LogP contribution is -2.43. The van der Waals surface area contributed by atoms with Crippen LogP contribution in [0.5, 0.6) is 0 Å². The number of nitrogens with zero attached hydrogens (tertiary/aromatic N) is 2. The molecule has 3 saturated heterocycles. The molecule has 4 aliphatic heterocycles. The summed E-state index contributed by atoms with van der Waals surface area (Å²) in [4.78, 5) is 17.5. The van der Waals surface area contributed by atoms with E-state index < -0.39 is 62.4 Å².